The molecule has 1 atom stereocenters. The summed E-state index contributed by atoms with van der Waals surface area (Å²) < 4.78 is 0. The Labute approximate surface area is 148 Å². The molecule has 1 aliphatic carbocycles. The number of nitrogens with one attached hydrogen (secondary N) is 1. The quantitative estimate of drug-likeness (QED) is 0.620. The second kappa shape index (κ2) is 8.25. The molecule has 0 bridgehead atoms. The van der Waals surface area contributed by atoms with E-state index in [4.69, 9.17) is 5.73 Å². The van der Waals surface area contributed by atoms with Crippen molar-refractivity contribution >= 4 is 23.4 Å². The van der Waals surface area contributed by atoms with Gasteiger partial charge in [0.1, 0.15) is 5.25 Å². The van der Waals surface area contributed by atoms with Crippen LogP contribution in [0.25, 0.3) is 0 Å². The van der Waals surface area contributed by atoms with Gasteiger partial charge in [-0.2, -0.15) is 0 Å². The van der Waals surface area contributed by atoms with Crippen LogP contribution in [0.15, 0.2) is 59.5 Å². The molecular formula is C20H24N2OS. The number of anilines is 1. The minimum absolute atomic E-state index is 0.106. The van der Waals surface area contributed by atoms with Crippen molar-refractivity contribution in [3.63, 3.8) is 0 Å². The summed E-state index contributed by atoms with van der Waals surface area (Å²) in [6, 6.07) is 18.0. The number of nitrogen functional groups attached to an aromatic ring is 1. The van der Waals surface area contributed by atoms with Gasteiger partial charge in [0.15, 0.2) is 0 Å². The maximum absolute atomic E-state index is 12.9. The fraction of sp³-hybridized carbons (Fsp3) is 0.350. The minimum atomic E-state index is -0.239. The zero-order valence-corrected chi connectivity index (χ0v) is 14.6. The molecule has 0 aliphatic heterocycles. The lowest BCUT2D eigenvalue weighted by Crippen LogP contribution is -2.38. The molecule has 1 fully saturated rings. The molecule has 1 aliphatic rings. The molecule has 1 saturated carbocycles. The van der Waals surface area contributed by atoms with Crippen molar-refractivity contribution < 1.29 is 4.79 Å². The zero-order chi connectivity index (χ0) is 16.8. The second-order valence-corrected chi connectivity index (χ2v) is 7.50. The molecule has 0 radical (unpaired) electrons. The molecular weight excluding hydrogens is 316 g/mol. The first-order valence-electron chi connectivity index (χ1n) is 8.60. The molecule has 3 N–H and O–H groups in total. The Kier molecular flexibility index (Phi) is 5.81. The summed E-state index contributed by atoms with van der Waals surface area (Å²) in [5.74, 6) is 0.106. The standard InChI is InChI=1S/C20H24N2OS/c21-16-11-13-18(14-12-16)24-19(15-7-3-1-4-8-15)20(23)22-17-9-5-2-6-10-17/h1,3-4,7-8,11-14,17,19H,2,5-6,9-10,21H2,(H,22,23). The van der Waals surface area contributed by atoms with Gasteiger partial charge in [-0.1, -0.05) is 49.6 Å². The van der Waals surface area contributed by atoms with Crippen LogP contribution in [0.3, 0.4) is 0 Å². The van der Waals surface area contributed by atoms with Gasteiger partial charge in [-0.25, -0.2) is 0 Å². The van der Waals surface area contributed by atoms with Crippen LogP contribution in [0.1, 0.15) is 42.9 Å². The van der Waals surface area contributed by atoms with E-state index < -0.39 is 0 Å². The summed E-state index contributed by atoms with van der Waals surface area (Å²) in [5, 5.41) is 3.03. The van der Waals surface area contributed by atoms with E-state index in [0.717, 1.165) is 29.0 Å². The topological polar surface area (TPSA) is 55.1 Å². The molecule has 3 rings (SSSR count). The molecule has 2 aromatic rings. The number of rotatable bonds is 5. The minimum Gasteiger partial charge on any atom is -0.399 e. The van der Waals surface area contributed by atoms with Crippen molar-refractivity contribution in [2.75, 3.05) is 5.73 Å². The number of nitrogens with two attached hydrogens (primary N) is 1. The normalized spacial score (nSPS) is 16.5. The third-order valence-electron chi connectivity index (χ3n) is 4.43. The molecule has 2 aromatic carbocycles. The number of hydrogen-bond acceptors (Lipinski definition) is 3. The van der Waals surface area contributed by atoms with Gasteiger partial charge in [-0.15, -0.1) is 11.8 Å². The highest BCUT2D eigenvalue weighted by Crippen LogP contribution is 2.36. The van der Waals surface area contributed by atoms with Gasteiger partial charge in [0.25, 0.3) is 0 Å². The molecule has 3 nitrogen and oxygen atoms in total. The van der Waals surface area contributed by atoms with Crippen LogP contribution >= 0.6 is 11.8 Å². The van der Waals surface area contributed by atoms with Crippen molar-refractivity contribution in [3.05, 3.63) is 60.2 Å². The Bertz CT molecular complexity index is 651. The van der Waals surface area contributed by atoms with Gasteiger partial charge in [0.05, 0.1) is 0 Å². The van der Waals surface area contributed by atoms with E-state index in [9.17, 15) is 4.79 Å². The first kappa shape index (κ1) is 16.9. The van der Waals surface area contributed by atoms with Crippen LogP contribution in [0, 0.1) is 0 Å². The van der Waals surface area contributed by atoms with E-state index in [-0.39, 0.29) is 11.2 Å². The van der Waals surface area contributed by atoms with Gasteiger partial charge in [-0.05, 0) is 42.7 Å². The maximum Gasteiger partial charge on any atom is 0.238 e. The number of amides is 1. The molecule has 1 amide bonds. The lowest BCUT2D eigenvalue weighted by molar-refractivity contribution is -0.121. The van der Waals surface area contributed by atoms with Gasteiger partial charge < -0.3 is 11.1 Å². The molecule has 0 aromatic heterocycles. The van der Waals surface area contributed by atoms with E-state index in [1.807, 2.05) is 54.6 Å². The molecule has 0 saturated heterocycles. The summed E-state index contributed by atoms with van der Waals surface area (Å²) >= 11 is 1.58. The van der Waals surface area contributed by atoms with Gasteiger partial charge in [-0.3, -0.25) is 4.79 Å². The van der Waals surface area contributed by atoms with Gasteiger partial charge >= 0.3 is 0 Å². The van der Waals surface area contributed by atoms with Crippen LogP contribution in [0.5, 0.6) is 0 Å². The average molecular weight is 340 g/mol. The fourth-order valence-corrected chi connectivity index (χ4v) is 4.14. The molecule has 4 heteroatoms. The maximum atomic E-state index is 12.9. The van der Waals surface area contributed by atoms with Crippen molar-refractivity contribution in [1.82, 2.24) is 5.32 Å². The fourth-order valence-electron chi connectivity index (χ4n) is 3.11. The Morgan fingerprint density at radius 1 is 1.00 bits per heavy atom. The summed E-state index contributed by atoms with van der Waals surface area (Å²) in [5.41, 5.74) is 7.54. The van der Waals surface area contributed by atoms with Gasteiger partial charge in [0.2, 0.25) is 5.91 Å². The van der Waals surface area contributed by atoms with Crippen LogP contribution in [-0.4, -0.2) is 11.9 Å². The molecule has 0 heterocycles. The largest absolute Gasteiger partial charge is 0.399 e. The first-order chi connectivity index (χ1) is 11.7. The highest BCUT2D eigenvalue weighted by molar-refractivity contribution is 8.00. The Morgan fingerprint density at radius 2 is 1.67 bits per heavy atom. The SMILES string of the molecule is Nc1ccc(SC(C(=O)NC2CCCCC2)c2ccccc2)cc1. The number of carbonyl (C=O) groups excluding carboxylic acids is 1. The average Bonchev–Trinajstić information content (AvgIpc) is 2.63. The third kappa shape index (κ3) is 4.54. The summed E-state index contributed by atoms with van der Waals surface area (Å²) in [4.78, 5) is 14.0. The summed E-state index contributed by atoms with van der Waals surface area (Å²) in [6.45, 7) is 0. The van der Waals surface area contributed by atoms with Crippen LogP contribution in [0.2, 0.25) is 0 Å². The van der Waals surface area contributed by atoms with Crippen LogP contribution < -0.4 is 11.1 Å². The van der Waals surface area contributed by atoms with E-state index >= 15 is 0 Å². The van der Waals surface area contributed by atoms with Crippen molar-refractivity contribution in [2.45, 2.75) is 48.3 Å². The zero-order valence-electron chi connectivity index (χ0n) is 13.8. The Balaban J connectivity index is 1.76. The van der Waals surface area contributed by atoms with Gasteiger partial charge in [0, 0.05) is 16.6 Å². The summed E-state index contributed by atoms with van der Waals surface area (Å²) in [6.07, 6.45) is 5.91. The lowest BCUT2D eigenvalue weighted by atomic mass is 9.95. The van der Waals surface area contributed by atoms with E-state index in [0.29, 0.717) is 6.04 Å². The highest BCUT2D eigenvalue weighted by Gasteiger charge is 2.25. The first-order valence-corrected chi connectivity index (χ1v) is 9.48. The smallest absolute Gasteiger partial charge is 0.238 e. The van der Waals surface area contributed by atoms with E-state index in [1.54, 1.807) is 11.8 Å². The van der Waals surface area contributed by atoms with Crippen LogP contribution in [0.4, 0.5) is 5.69 Å². The van der Waals surface area contributed by atoms with Crippen LogP contribution in [-0.2, 0) is 4.79 Å². The molecule has 126 valence electrons. The predicted octanol–water partition coefficient (Wildman–Crippen LogP) is 4.55. The predicted molar refractivity (Wildman–Crippen MR) is 101 cm³/mol. The molecule has 24 heavy (non-hydrogen) atoms. The highest BCUT2D eigenvalue weighted by atomic mass is 32.2. The second-order valence-electron chi connectivity index (χ2n) is 6.32. The number of benzene rings is 2. The number of hydrogen-bond donors (Lipinski definition) is 2. The molecule has 0 spiro atoms. The Hall–Kier alpha value is -1.94. The van der Waals surface area contributed by atoms with E-state index in [2.05, 4.69) is 5.32 Å². The van der Waals surface area contributed by atoms with Crippen molar-refractivity contribution in [3.8, 4) is 0 Å². The number of carbonyl (C=O) groups is 1. The van der Waals surface area contributed by atoms with E-state index in [1.165, 1.54) is 19.3 Å². The summed E-state index contributed by atoms with van der Waals surface area (Å²) in [7, 11) is 0. The monoisotopic (exact) mass is 340 g/mol. The number of thioether (sulfide) groups is 1. The molecule has 1 unspecified atom stereocenters. The lowest BCUT2D eigenvalue weighted by Gasteiger charge is -2.25. The Morgan fingerprint density at radius 3 is 2.33 bits per heavy atom. The van der Waals surface area contributed by atoms with Crippen molar-refractivity contribution in [2.24, 2.45) is 0 Å². The van der Waals surface area contributed by atoms with Crippen molar-refractivity contribution in [1.29, 1.82) is 0 Å². The third-order valence-corrected chi connectivity index (χ3v) is 5.69.